The third kappa shape index (κ3) is 2.95. The van der Waals surface area contributed by atoms with E-state index in [2.05, 4.69) is 4.98 Å². The summed E-state index contributed by atoms with van der Waals surface area (Å²) in [7, 11) is 0. The number of ether oxygens (including phenoxy) is 1. The van der Waals surface area contributed by atoms with Crippen molar-refractivity contribution in [1.82, 2.24) is 4.98 Å². The van der Waals surface area contributed by atoms with Crippen LogP contribution >= 0.6 is 23.2 Å². The summed E-state index contributed by atoms with van der Waals surface area (Å²) >= 11 is 12.0. The van der Waals surface area contributed by atoms with E-state index in [1.807, 2.05) is 24.3 Å². The van der Waals surface area contributed by atoms with Crippen LogP contribution in [0.3, 0.4) is 0 Å². The quantitative estimate of drug-likeness (QED) is 0.752. The predicted molar refractivity (Wildman–Crippen MR) is 84.2 cm³/mol. The van der Waals surface area contributed by atoms with Gasteiger partial charge in [-0.05, 0) is 30.3 Å². The van der Waals surface area contributed by atoms with Crippen molar-refractivity contribution in [3.8, 4) is 11.5 Å². The second-order valence-corrected chi connectivity index (χ2v) is 5.31. The van der Waals surface area contributed by atoms with E-state index in [1.165, 1.54) is 0 Å². The van der Waals surface area contributed by atoms with Crippen molar-refractivity contribution in [3.05, 3.63) is 64.3 Å². The minimum atomic E-state index is -0.157. The molecule has 3 aromatic rings. The molecule has 0 saturated carbocycles. The minimum absolute atomic E-state index is 0.157. The molecule has 1 heterocycles. The van der Waals surface area contributed by atoms with Gasteiger partial charge in [-0.1, -0.05) is 35.3 Å². The van der Waals surface area contributed by atoms with E-state index in [0.29, 0.717) is 27.2 Å². The third-order valence-electron chi connectivity index (χ3n) is 3.01. The van der Waals surface area contributed by atoms with Crippen LogP contribution in [0.1, 0.15) is 5.69 Å². The molecule has 0 amide bonds. The molecule has 0 aliphatic carbocycles. The highest BCUT2D eigenvalue weighted by Crippen LogP contribution is 2.35. The van der Waals surface area contributed by atoms with Crippen molar-refractivity contribution in [2.45, 2.75) is 6.61 Å². The first-order chi connectivity index (χ1) is 10.2. The first kappa shape index (κ1) is 14.1. The van der Waals surface area contributed by atoms with Gasteiger partial charge in [0, 0.05) is 16.5 Å². The molecule has 0 fully saturated rings. The number of halogens is 2. The van der Waals surface area contributed by atoms with Crippen LogP contribution in [0.2, 0.25) is 10.0 Å². The Balaban J connectivity index is 2.10. The molecular weight excluding hydrogens is 309 g/mol. The van der Waals surface area contributed by atoms with Gasteiger partial charge in [-0.3, -0.25) is 4.98 Å². The van der Waals surface area contributed by atoms with E-state index in [4.69, 9.17) is 27.9 Å². The fourth-order valence-corrected chi connectivity index (χ4v) is 2.48. The molecule has 0 unspecified atom stereocenters. The molecule has 0 radical (unpaired) electrons. The largest absolute Gasteiger partial charge is 0.455 e. The van der Waals surface area contributed by atoms with E-state index < -0.39 is 0 Å². The summed E-state index contributed by atoms with van der Waals surface area (Å²) in [5.41, 5.74) is 1.29. The lowest BCUT2D eigenvalue weighted by Gasteiger charge is -2.11. The SMILES string of the molecule is OCc1cc(Oc2ccc(Cl)cc2Cl)c2ccccc2n1. The number of pyridine rings is 1. The highest BCUT2D eigenvalue weighted by Gasteiger charge is 2.10. The maximum Gasteiger partial charge on any atom is 0.146 e. The zero-order valence-electron chi connectivity index (χ0n) is 10.9. The molecule has 0 aliphatic heterocycles. The number of aromatic nitrogens is 1. The van der Waals surface area contributed by atoms with Crippen LogP contribution in [0, 0.1) is 0 Å². The fourth-order valence-electron chi connectivity index (χ4n) is 2.04. The fraction of sp³-hybridized carbons (Fsp3) is 0.0625. The first-order valence-corrected chi connectivity index (χ1v) is 7.05. The van der Waals surface area contributed by atoms with Gasteiger partial charge in [0.15, 0.2) is 0 Å². The highest BCUT2D eigenvalue weighted by molar-refractivity contribution is 6.35. The molecule has 106 valence electrons. The van der Waals surface area contributed by atoms with Crippen LogP contribution in [-0.4, -0.2) is 10.1 Å². The van der Waals surface area contributed by atoms with Crippen LogP contribution in [0.15, 0.2) is 48.5 Å². The number of rotatable bonds is 3. The maximum absolute atomic E-state index is 9.32. The molecule has 5 heteroatoms. The molecule has 0 atom stereocenters. The Morgan fingerprint density at radius 1 is 1.00 bits per heavy atom. The topological polar surface area (TPSA) is 42.4 Å². The smallest absolute Gasteiger partial charge is 0.146 e. The summed E-state index contributed by atoms with van der Waals surface area (Å²) < 4.78 is 5.88. The van der Waals surface area contributed by atoms with Crippen molar-refractivity contribution in [3.63, 3.8) is 0 Å². The molecule has 1 aromatic heterocycles. The average molecular weight is 320 g/mol. The van der Waals surface area contributed by atoms with E-state index in [0.717, 1.165) is 10.9 Å². The number of hydrogen-bond donors (Lipinski definition) is 1. The average Bonchev–Trinajstić information content (AvgIpc) is 2.49. The summed E-state index contributed by atoms with van der Waals surface area (Å²) in [4.78, 5) is 4.35. The number of aliphatic hydroxyl groups is 1. The van der Waals surface area contributed by atoms with Gasteiger partial charge >= 0.3 is 0 Å². The van der Waals surface area contributed by atoms with Gasteiger partial charge in [0.25, 0.3) is 0 Å². The molecule has 3 rings (SSSR count). The monoisotopic (exact) mass is 319 g/mol. The summed E-state index contributed by atoms with van der Waals surface area (Å²) in [6.07, 6.45) is 0. The van der Waals surface area contributed by atoms with Gasteiger partial charge in [0.2, 0.25) is 0 Å². The number of benzene rings is 2. The second-order valence-electron chi connectivity index (χ2n) is 4.46. The Bertz CT molecular complexity index is 805. The molecule has 0 spiro atoms. The lowest BCUT2D eigenvalue weighted by Crippen LogP contribution is -1.94. The molecule has 21 heavy (non-hydrogen) atoms. The van der Waals surface area contributed by atoms with E-state index in [-0.39, 0.29) is 6.61 Å². The third-order valence-corrected chi connectivity index (χ3v) is 3.54. The van der Waals surface area contributed by atoms with Gasteiger partial charge in [0.05, 0.1) is 22.8 Å². The Labute approximate surface area is 131 Å². The second kappa shape index (κ2) is 5.90. The Morgan fingerprint density at radius 2 is 1.81 bits per heavy atom. The number of nitrogens with zero attached hydrogens (tertiary/aromatic N) is 1. The van der Waals surface area contributed by atoms with E-state index >= 15 is 0 Å². The first-order valence-electron chi connectivity index (χ1n) is 6.30. The number of para-hydroxylation sites is 1. The van der Waals surface area contributed by atoms with Crippen LogP contribution in [-0.2, 0) is 6.61 Å². The summed E-state index contributed by atoms with van der Waals surface area (Å²) in [5, 5.41) is 11.1. The number of hydrogen-bond acceptors (Lipinski definition) is 3. The van der Waals surface area contributed by atoms with Gasteiger partial charge in [-0.2, -0.15) is 0 Å². The van der Waals surface area contributed by atoms with Crippen molar-refractivity contribution in [1.29, 1.82) is 0 Å². The Hall–Kier alpha value is -1.81. The molecule has 0 saturated heterocycles. The number of aliphatic hydroxyl groups excluding tert-OH is 1. The van der Waals surface area contributed by atoms with Crippen LogP contribution in [0.5, 0.6) is 11.5 Å². The molecule has 0 bridgehead atoms. The van der Waals surface area contributed by atoms with Gasteiger partial charge in [-0.15, -0.1) is 0 Å². The van der Waals surface area contributed by atoms with Crippen molar-refractivity contribution in [2.24, 2.45) is 0 Å². The van der Waals surface area contributed by atoms with Gasteiger partial charge in [-0.25, -0.2) is 0 Å². The van der Waals surface area contributed by atoms with Crippen LogP contribution in [0.25, 0.3) is 10.9 Å². The Morgan fingerprint density at radius 3 is 2.57 bits per heavy atom. The molecule has 3 nitrogen and oxygen atoms in total. The van der Waals surface area contributed by atoms with Gasteiger partial charge in [0.1, 0.15) is 11.5 Å². The number of fused-ring (bicyclic) bond motifs is 1. The predicted octanol–water partition coefficient (Wildman–Crippen LogP) is 4.83. The highest BCUT2D eigenvalue weighted by atomic mass is 35.5. The lowest BCUT2D eigenvalue weighted by molar-refractivity contribution is 0.277. The van der Waals surface area contributed by atoms with Crippen LogP contribution < -0.4 is 4.74 Å². The van der Waals surface area contributed by atoms with Gasteiger partial charge < -0.3 is 9.84 Å². The summed E-state index contributed by atoms with van der Waals surface area (Å²) in [6.45, 7) is -0.157. The summed E-state index contributed by atoms with van der Waals surface area (Å²) in [6, 6.07) is 14.3. The zero-order valence-corrected chi connectivity index (χ0v) is 12.4. The Kier molecular flexibility index (Phi) is 3.97. The standard InChI is InChI=1S/C16H11Cl2NO2/c17-10-5-6-15(13(18)7-10)21-16-8-11(9-20)19-14-4-2-1-3-12(14)16/h1-8,20H,9H2. The zero-order chi connectivity index (χ0) is 14.8. The molecule has 2 aromatic carbocycles. The van der Waals surface area contributed by atoms with Crippen molar-refractivity contribution < 1.29 is 9.84 Å². The van der Waals surface area contributed by atoms with E-state index in [9.17, 15) is 5.11 Å². The normalized spacial score (nSPS) is 10.8. The minimum Gasteiger partial charge on any atom is -0.455 e. The maximum atomic E-state index is 9.32. The van der Waals surface area contributed by atoms with Crippen molar-refractivity contribution >= 4 is 34.1 Å². The molecule has 0 aliphatic rings. The lowest BCUT2D eigenvalue weighted by atomic mass is 10.2. The molecular formula is C16H11Cl2NO2. The summed E-state index contributed by atoms with van der Waals surface area (Å²) in [5.74, 6) is 1.09. The van der Waals surface area contributed by atoms with Crippen molar-refractivity contribution in [2.75, 3.05) is 0 Å². The molecule has 1 N–H and O–H groups in total. The van der Waals surface area contributed by atoms with E-state index in [1.54, 1.807) is 24.3 Å². The van der Waals surface area contributed by atoms with Crippen LogP contribution in [0.4, 0.5) is 0 Å².